The molecule has 0 unspecified atom stereocenters. The molecule has 102 valence electrons. The molecule has 1 atom stereocenters. The molecule has 0 radical (unpaired) electrons. The molecule has 0 bridgehead atoms. The minimum atomic E-state index is -1.71. The van der Waals surface area contributed by atoms with Gasteiger partial charge in [0, 0.05) is 5.75 Å². The second-order valence-corrected chi connectivity index (χ2v) is 5.31. The molecule has 1 fully saturated rings. The fourth-order valence-corrected chi connectivity index (χ4v) is 2.99. The molecule has 3 rings (SSSR count). The molecule has 5 heteroatoms. The van der Waals surface area contributed by atoms with Gasteiger partial charge >= 0.3 is 0 Å². The summed E-state index contributed by atoms with van der Waals surface area (Å²) in [7, 11) is 0. The topological polar surface area (TPSA) is 38.3 Å². The van der Waals surface area contributed by atoms with E-state index in [9.17, 15) is 4.79 Å². The Bertz CT molecular complexity index is 566. The fourth-order valence-electron chi connectivity index (χ4n) is 2.74. The van der Waals surface area contributed by atoms with Gasteiger partial charge in [-0.05, 0) is 0 Å². The summed E-state index contributed by atoms with van der Waals surface area (Å²) in [5.41, 5.74) is 1.94. The van der Waals surface area contributed by atoms with Crippen LogP contribution in [-0.2, 0) is 9.45 Å². The van der Waals surface area contributed by atoms with Crippen LogP contribution in [0.3, 0.4) is 0 Å². The van der Waals surface area contributed by atoms with E-state index in [1.54, 1.807) is 0 Å². The van der Waals surface area contributed by atoms with Gasteiger partial charge in [-0.15, -0.1) is 10.9 Å². The van der Waals surface area contributed by atoms with Crippen molar-refractivity contribution < 1.29 is 9.45 Å². The molecular weight excluding hydrogens is 269 g/mol. The third-order valence-corrected chi connectivity index (χ3v) is 4.10. The molecule has 0 aromatic heterocycles. The van der Waals surface area contributed by atoms with Crippen LogP contribution in [0.2, 0.25) is 0 Å². The Morgan fingerprint density at radius 3 is 1.90 bits per heavy atom. The molecule has 2 aromatic carbocycles. The number of benzene rings is 2. The van der Waals surface area contributed by atoms with Crippen LogP contribution in [0.15, 0.2) is 60.7 Å². The maximum atomic E-state index is 12.0. The van der Waals surface area contributed by atoms with E-state index < -0.39 is 6.48 Å². The smallest absolute Gasteiger partial charge is 0.293 e. The summed E-state index contributed by atoms with van der Waals surface area (Å²) in [5, 5.41) is 3.35. The van der Waals surface area contributed by atoms with E-state index in [-0.39, 0.29) is 12.0 Å². The molecule has 1 N–H and O–H groups in total. The molecule has 0 spiro atoms. The number of nitrogens with one attached hydrogen (secondary N) is 1. The lowest BCUT2D eigenvalue weighted by Crippen LogP contribution is -2.68. The van der Waals surface area contributed by atoms with E-state index in [0.29, 0.717) is 5.75 Å². The molecule has 0 amide bonds. The predicted molar refractivity (Wildman–Crippen MR) is 84.8 cm³/mol. The van der Waals surface area contributed by atoms with Gasteiger partial charge in [0.1, 0.15) is 0 Å². The number of carbonyl (C=O) groups is 1. The maximum absolute atomic E-state index is 12.0. The van der Waals surface area contributed by atoms with E-state index in [0.717, 1.165) is 10.9 Å². The second-order valence-electron chi connectivity index (χ2n) is 4.95. The molecular formula is C15H15BNO2S-. The SMILES string of the molecule is O=C1O[B-](c2ccccc2)(c2ccccc2)N[C@H]1CS. The third kappa shape index (κ3) is 2.13. The van der Waals surface area contributed by atoms with E-state index >= 15 is 0 Å². The molecule has 20 heavy (non-hydrogen) atoms. The largest absolute Gasteiger partial charge is 0.667 e. The van der Waals surface area contributed by atoms with Gasteiger partial charge in [0.15, 0.2) is 0 Å². The van der Waals surface area contributed by atoms with Crippen molar-refractivity contribution in [3.63, 3.8) is 0 Å². The number of carbonyl (C=O) groups excluding carboxylic acids is 1. The predicted octanol–water partition coefficient (Wildman–Crippen LogP) is 0.688. The van der Waals surface area contributed by atoms with Crippen LogP contribution < -0.4 is 16.2 Å². The summed E-state index contributed by atoms with van der Waals surface area (Å²) in [6.07, 6.45) is 0. The highest BCUT2D eigenvalue weighted by molar-refractivity contribution is 7.80. The lowest BCUT2D eigenvalue weighted by molar-refractivity contribution is -0.133. The maximum Gasteiger partial charge on any atom is 0.293 e. The van der Waals surface area contributed by atoms with Gasteiger partial charge in [-0.2, -0.15) is 12.6 Å². The summed E-state index contributed by atoms with van der Waals surface area (Å²) in [6.45, 7) is -1.71. The van der Waals surface area contributed by atoms with E-state index in [1.807, 2.05) is 60.7 Å². The van der Waals surface area contributed by atoms with Crippen LogP contribution in [-0.4, -0.2) is 24.2 Å². The molecule has 0 saturated carbocycles. The zero-order valence-corrected chi connectivity index (χ0v) is 11.8. The molecule has 1 heterocycles. The Hall–Kier alpha value is -1.72. The number of thiol groups is 1. The lowest BCUT2D eigenvalue weighted by atomic mass is 9.42. The Kier molecular flexibility index (Phi) is 3.55. The highest BCUT2D eigenvalue weighted by Crippen LogP contribution is 2.15. The van der Waals surface area contributed by atoms with Gasteiger partial charge in [0.05, 0.1) is 6.04 Å². The minimum absolute atomic E-state index is 0.243. The molecule has 1 saturated heterocycles. The van der Waals surface area contributed by atoms with Crippen LogP contribution in [0.4, 0.5) is 0 Å². The van der Waals surface area contributed by atoms with Gasteiger partial charge in [0.2, 0.25) is 0 Å². The van der Waals surface area contributed by atoms with Gasteiger partial charge in [-0.1, -0.05) is 60.7 Å². The molecule has 1 aliphatic heterocycles. The number of rotatable bonds is 3. The fraction of sp³-hybridized carbons (Fsp3) is 0.133. The van der Waals surface area contributed by atoms with Crippen LogP contribution in [0.5, 0.6) is 0 Å². The molecule has 3 nitrogen and oxygen atoms in total. The average Bonchev–Trinajstić information content (AvgIpc) is 2.87. The van der Waals surface area contributed by atoms with Gasteiger partial charge in [-0.3, -0.25) is 4.79 Å². The average molecular weight is 284 g/mol. The van der Waals surface area contributed by atoms with Gasteiger partial charge < -0.3 is 9.88 Å². The van der Waals surface area contributed by atoms with Crippen molar-refractivity contribution in [3.8, 4) is 0 Å². The summed E-state index contributed by atoms with van der Waals surface area (Å²) < 4.78 is 5.79. The quantitative estimate of drug-likeness (QED) is 0.643. The highest BCUT2D eigenvalue weighted by Gasteiger charge is 2.42. The second kappa shape index (κ2) is 5.35. The monoisotopic (exact) mass is 284 g/mol. The summed E-state index contributed by atoms with van der Waals surface area (Å²) in [6, 6.07) is 19.2. The van der Waals surface area contributed by atoms with Crippen molar-refractivity contribution in [1.82, 2.24) is 5.23 Å². The normalized spacial score (nSPS) is 20.6. The Balaban J connectivity index is 2.13. The summed E-state index contributed by atoms with van der Waals surface area (Å²) >= 11 is 4.22. The first-order chi connectivity index (χ1) is 9.76. The van der Waals surface area contributed by atoms with Crippen LogP contribution in [0, 0.1) is 0 Å². The highest BCUT2D eigenvalue weighted by atomic mass is 32.1. The van der Waals surface area contributed by atoms with E-state index in [4.69, 9.17) is 4.65 Å². The zero-order chi connectivity index (χ0) is 14.0. The van der Waals surface area contributed by atoms with Crippen LogP contribution in [0.1, 0.15) is 0 Å². The third-order valence-electron chi connectivity index (χ3n) is 3.73. The van der Waals surface area contributed by atoms with Crippen molar-refractivity contribution in [2.75, 3.05) is 5.75 Å². The first kappa shape index (κ1) is 13.3. The van der Waals surface area contributed by atoms with Crippen LogP contribution >= 0.6 is 12.6 Å². The first-order valence-corrected chi connectivity index (χ1v) is 7.27. The van der Waals surface area contributed by atoms with Crippen molar-refractivity contribution in [3.05, 3.63) is 60.7 Å². The zero-order valence-electron chi connectivity index (χ0n) is 10.9. The Morgan fingerprint density at radius 2 is 1.50 bits per heavy atom. The summed E-state index contributed by atoms with van der Waals surface area (Å²) in [5.74, 6) is 0.176. The minimum Gasteiger partial charge on any atom is -0.667 e. The van der Waals surface area contributed by atoms with Crippen molar-refractivity contribution in [2.45, 2.75) is 6.04 Å². The van der Waals surface area contributed by atoms with Crippen molar-refractivity contribution in [2.24, 2.45) is 0 Å². The first-order valence-electron chi connectivity index (χ1n) is 6.63. The van der Waals surface area contributed by atoms with Crippen LogP contribution in [0.25, 0.3) is 0 Å². The van der Waals surface area contributed by atoms with E-state index in [1.165, 1.54) is 0 Å². The van der Waals surface area contributed by atoms with Gasteiger partial charge in [0.25, 0.3) is 12.5 Å². The molecule has 2 aromatic rings. The standard InChI is InChI=1S/C15H15BNO2S/c18-15-14(11-20)17-16(19-15,12-7-3-1-4-8-12)13-9-5-2-6-10-13/h1-10,14,17,20H,11H2/q-1/t14-/m0/s1. The Labute approximate surface area is 123 Å². The van der Waals surface area contributed by atoms with Gasteiger partial charge in [-0.25, -0.2) is 0 Å². The van der Waals surface area contributed by atoms with E-state index in [2.05, 4.69) is 17.9 Å². The Morgan fingerprint density at radius 1 is 1.00 bits per heavy atom. The van der Waals surface area contributed by atoms with Crippen molar-refractivity contribution >= 4 is 36.0 Å². The lowest BCUT2D eigenvalue weighted by Gasteiger charge is -2.37. The summed E-state index contributed by atoms with van der Waals surface area (Å²) in [4.78, 5) is 12.0. The number of hydrogen-bond donors (Lipinski definition) is 2. The van der Waals surface area contributed by atoms with Crippen molar-refractivity contribution in [1.29, 1.82) is 0 Å². The molecule has 1 aliphatic rings. The number of hydrogen-bond acceptors (Lipinski definition) is 4. The molecule has 0 aliphatic carbocycles.